The van der Waals surface area contributed by atoms with E-state index in [1.54, 1.807) is 6.92 Å². The smallest absolute Gasteiger partial charge is 0.435 e. The van der Waals surface area contributed by atoms with E-state index in [9.17, 15) is 9.59 Å². The molecular weight excluding hydrogens is 310 g/mol. The Balaban J connectivity index is 1.71. The summed E-state index contributed by atoms with van der Waals surface area (Å²) in [5.41, 5.74) is -0.471. The molecule has 0 unspecified atom stereocenters. The molecule has 3 aliphatic rings. The highest BCUT2D eigenvalue weighted by Gasteiger charge is 2.67. The summed E-state index contributed by atoms with van der Waals surface area (Å²) in [5.74, 6) is -0.368. The topological polar surface area (TPSA) is 74.2 Å². The number of carbonyl (C=O) groups excluding carboxylic acids is 2. The van der Waals surface area contributed by atoms with Gasteiger partial charge in [0.15, 0.2) is 0 Å². The van der Waals surface area contributed by atoms with Crippen molar-refractivity contribution in [1.29, 1.82) is 0 Å². The lowest BCUT2D eigenvalue weighted by Crippen LogP contribution is -2.51. The number of hydrogen-bond acceptors (Lipinski definition) is 6. The van der Waals surface area contributed by atoms with Crippen molar-refractivity contribution in [3.05, 3.63) is 48.0 Å². The highest BCUT2D eigenvalue weighted by Crippen LogP contribution is 2.52. The molecule has 0 N–H and O–H groups in total. The minimum Gasteiger partial charge on any atom is -0.435 e. The third kappa shape index (κ3) is 2.06. The van der Waals surface area contributed by atoms with Crippen molar-refractivity contribution >= 4 is 18.0 Å². The Labute approximate surface area is 139 Å². The summed E-state index contributed by atoms with van der Waals surface area (Å²) in [4.78, 5) is 29.1. The van der Waals surface area contributed by atoms with Crippen molar-refractivity contribution in [3.63, 3.8) is 0 Å². The quantitative estimate of drug-likeness (QED) is 0.630. The minimum absolute atomic E-state index is 0.0502. The summed E-state index contributed by atoms with van der Waals surface area (Å²) >= 11 is 0. The van der Waals surface area contributed by atoms with Gasteiger partial charge in [0.2, 0.25) is 11.4 Å². The summed E-state index contributed by atoms with van der Waals surface area (Å²) in [5, 5.41) is 0. The van der Waals surface area contributed by atoms with Gasteiger partial charge in [0.05, 0.1) is 6.61 Å². The zero-order chi connectivity index (χ0) is 16.7. The van der Waals surface area contributed by atoms with Crippen LogP contribution in [0.15, 0.2) is 47.5 Å². The van der Waals surface area contributed by atoms with Crippen molar-refractivity contribution in [2.75, 3.05) is 6.61 Å². The predicted molar refractivity (Wildman–Crippen MR) is 84.4 cm³/mol. The molecule has 0 saturated heterocycles. The summed E-state index contributed by atoms with van der Waals surface area (Å²) in [6.07, 6.45) is 3.18. The summed E-state index contributed by atoms with van der Waals surface area (Å²) in [7, 11) is 0. The molecule has 4 rings (SSSR count). The second kappa shape index (κ2) is 5.47. The van der Waals surface area contributed by atoms with Gasteiger partial charge in [-0.3, -0.25) is 0 Å². The van der Waals surface area contributed by atoms with Gasteiger partial charge >= 0.3 is 12.1 Å². The van der Waals surface area contributed by atoms with Crippen LogP contribution in [-0.4, -0.2) is 36.3 Å². The van der Waals surface area contributed by atoms with E-state index in [1.165, 1.54) is 0 Å². The first-order valence-corrected chi connectivity index (χ1v) is 8.04. The Morgan fingerprint density at radius 3 is 2.88 bits per heavy atom. The van der Waals surface area contributed by atoms with Crippen LogP contribution in [0.25, 0.3) is 0 Å². The molecule has 1 heterocycles. The normalized spacial score (nSPS) is 32.8. The van der Waals surface area contributed by atoms with Crippen LogP contribution in [0.3, 0.4) is 0 Å². The first-order chi connectivity index (χ1) is 11.6. The molecule has 1 aromatic carbocycles. The Hall–Kier alpha value is -2.63. The highest BCUT2D eigenvalue weighted by atomic mass is 16.7. The number of fused-ring (bicyclic) bond motifs is 3. The molecule has 6 nitrogen and oxygen atoms in total. The number of hydrogen-bond donors (Lipinski definition) is 0. The predicted octanol–water partition coefficient (Wildman–Crippen LogP) is 2.48. The van der Waals surface area contributed by atoms with Gasteiger partial charge in [0.1, 0.15) is 6.10 Å². The van der Waals surface area contributed by atoms with Crippen molar-refractivity contribution in [3.8, 4) is 0 Å². The molecule has 1 fully saturated rings. The lowest BCUT2D eigenvalue weighted by Gasteiger charge is -2.31. The Bertz CT molecular complexity index is 741. The van der Waals surface area contributed by atoms with Crippen LogP contribution in [0.1, 0.15) is 18.9 Å². The molecule has 4 atom stereocenters. The van der Waals surface area contributed by atoms with Crippen LogP contribution in [0.4, 0.5) is 4.79 Å². The van der Waals surface area contributed by atoms with E-state index < -0.39 is 23.8 Å². The van der Waals surface area contributed by atoms with Gasteiger partial charge in [0, 0.05) is 17.4 Å². The zero-order valence-corrected chi connectivity index (χ0v) is 13.2. The van der Waals surface area contributed by atoms with Gasteiger partial charge in [0.25, 0.3) is 0 Å². The summed E-state index contributed by atoms with van der Waals surface area (Å²) in [6, 6.07) is 9.24. The molecule has 0 amide bonds. The standard InChI is InChI=1S/C18H17NO5/c1-2-22-17(21)23-14-12-8-9-13(10-12)18(14)16(20)24-15(19-18)11-6-4-3-5-7-11/h3-9,12-14H,2,10H2,1H3/t12-,13+,14+,18-/m1/s1. The molecule has 1 aromatic rings. The Morgan fingerprint density at radius 1 is 1.33 bits per heavy atom. The van der Waals surface area contributed by atoms with Crippen molar-refractivity contribution in [2.24, 2.45) is 16.8 Å². The molecule has 2 bridgehead atoms. The van der Waals surface area contributed by atoms with Gasteiger partial charge in [-0.25, -0.2) is 14.6 Å². The number of ether oxygens (including phenoxy) is 3. The first kappa shape index (κ1) is 14.9. The van der Waals surface area contributed by atoms with Crippen LogP contribution in [0, 0.1) is 11.8 Å². The third-order valence-corrected chi connectivity index (χ3v) is 4.81. The minimum atomic E-state index is -1.20. The fraction of sp³-hybridized carbons (Fsp3) is 0.389. The highest BCUT2D eigenvalue weighted by molar-refractivity contribution is 6.08. The van der Waals surface area contributed by atoms with E-state index in [-0.39, 0.29) is 24.3 Å². The number of carbonyl (C=O) groups is 2. The summed E-state index contributed by atoms with van der Waals surface area (Å²) in [6.45, 7) is 1.92. The number of esters is 1. The average molecular weight is 327 g/mol. The Morgan fingerprint density at radius 2 is 2.12 bits per heavy atom. The largest absolute Gasteiger partial charge is 0.508 e. The molecule has 124 valence electrons. The van der Waals surface area contributed by atoms with Crippen LogP contribution in [0.2, 0.25) is 0 Å². The van der Waals surface area contributed by atoms with Gasteiger partial charge in [-0.2, -0.15) is 0 Å². The molecule has 1 saturated carbocycles. The average Bonchev–Trinajstić information content (AvgIpc) is 3.26. The van der Waals surface area contributed by atoms with E-state index in [4.69, 9.17) is 14.2 Å². The summed E-state index contributed by atoms with van der Waals surface area (Å²) < 4.78 is 15.8. The Kier molecular flexibility index (Phi) is 3.40. The lowest BCUT2D eigenvalue weighted by molar-refractivity contribution is -0.144. The van der Waals surface area contributed by atoms with E-state index in [2.05, 4.69) is 4.99 Å². The maximum atomic E-state index is 12.7. The number of cyclic esters (lactones) is 1. The first-order valence-electron chi connectivity index (χ1n) is 8.04. The number of rotatable bonds is 3. The fourth-order valence-electron chi connectivity index (χ4n) is 3.77. The molecular formula is C18H17NO5. The molecule has 24 heavy (non-hydrogen) atoms. The van der Waals surface area contributed by atoms with Gasteiger partial charge in [-0.05, 0) is 25.5 Å². The van der Waals surface area contributed by atoms with Crippen molar-refractivity contribution in [2.45, 2.75) is 25.0 Å². The number of benzene rings is 1. The van der Waals surface area contributed by atoms with Crippen LogP contribution in [0.5, 0.6) is 0 Å². The monoisotopic (exact) mass is 327 g/mol. The molecule has 0 radical (unpaired) electrons. The van der Waals surface area contributed by atoms with E-state index in [0.717, 1.165) is 5.56 Å². The number of aliphatic imine (C=N–C) groups is 1. The zero-order valence-electron chi connectivity index (χ0n) is 13.2. The van der Waals surface area contributed by atoms with Gasteiger partial charge in [-0.15, -0.1) is 0 Å². The van der Waals surface area contributed by atoms with Crippen LogP contribution in [-0.2, 0) is 19.0 Å². The molecule has 0 aromatic heterocycles. The molecule has 6 heteroatoms. The fourth-order valence-corrected chi connectivity index (χ4v) is 3.77. The molecule has 1 aliphatic heterocycles. The van der Waals surface area contributed by atoms with Gasteiger partial charge in [-0.1, -0.05) is 30.4 Å². The molecule has 1 spiro atoms. The lowest BCUT2D eigenvalue weighted by atomic mass is 9.83. The van der Waals surface area contributed by atoms with Gasteiger partial charge < -0.3 is 14.2 Å². The third-order valence-electron chi connectivity index (χ3n) is 4.81. The van der Waals surface area contributed by atoms with E-state index in [1.807, 2.05) is 42.5 Å². The van der Waals surface area contributed by atoms with Crippen molar-refractivity contribution in [1.82, 2.24) is 0 Å². The van der Waals surface area contributed by atoms with Crippen LogP contribution >= 0.6 is 0 Å². The SMILES string of the molecule is CCOC(=O)O[C@H]1[C@@H]2C=C[C@@H](C2)[C@@]12N=C(c1ccccc1)OC2=O. The second-order valence-corrected chi connectivity index (χ2v) is 6.11. The number of nitrogens with zero attached hydrogens (tertiary/aromatic N) is 1. The van der Waals surface area contributed by atoms with E-state index >= 15 is 0 Å². The second-order valence-electron chi connectivity index (χ2n) is 6.11. The maximum Gasteiger partial charge on any atom is 0.508 e. The van der Waals surface area contributed by atoms with E-state index in [0.29, 0.717) is 6.42 Å². The maximum absolute atomic E-state index is 12.7. The molecule has 2 aliphatic carbocycles. The van der Waals surface area contributed by atoms with Crippen molar-refractivity contribution < 1.29 is 23.8 Å². The van der Waals surface area contributed by atoms with Crippen LogP contribution < -0.4 is 0 Å².